The van der Waals surface area contributed by atoms with Gasteiger partial charge in [-0.15, -0.1) is 0 Å². The topological polar surface area (TPSA) is 0 Å². The van der Waals surface area contributed by atoms with Crippen molar-refractivity contribution in [3.63, 3.8) is 0 Å². The molecule has 0 fully saturated rings. The second kappa shape index (κ2) is 7.20. The first-order valence-electron chi connectivity index (χ1n) is 4.49. The minimum Gasteiger partial charge on any atom is -0.0931 e. The molecule has 0 radical (unpaired) electrons. The van der Waals surface area contributed by atoms with Gasteiger partial charge in [0.15, 0.2) is 0 Å². The highest BCUT2D eigenvalue weighted by Gasteiger charge is 1.90. The molecule has 0 bridgehead atoms. The van der Waals surface area contributed by atoms with Crippen LogP contribution in [0.25, 0.3) is 0 Å². The van der Waals surface area contributed by atoms with Crippen molar-refractivity contribution in [2.75, 3.05) is 0 Å². The van der Waals surface area contributed by atoms with Gasteiger partial charge < -0.3 is 0 Å². The van der Waals surface area contributed by atoms with Gasteiger partial charge in [-0.25, -0.2) is 0 Å². The van der Waals surface area contributed by atoms with Gasteiger partial charge in [0.05, 0.1) is 0 Å². The Balaban J connectivity index is 3.27. The lowest BCUT2D eigenvalue weighted by Gasteiger charge is -2.01. The Morgan fingerprint density at radius 3 is 2.30 bits per heavy atom. The third-order valence-corrected chi connectivity index (χ3v) is 3.48. The van der Waals surface area contributed by atoms with E-state index in [0.717, 1.165) is 0 Å². The van der Waals surface area contributed by atoms with Crippen LogP contribution in [0.1, 0.15) is 46.0 Å². The normalized spacial score (nSPS) is 12.1. The first kappa shape index (κ1) is 10.1. The van der Waals surface area contributed by atoms with Gasteiger partial charge in [0.1, 0.15) is 0 Å². The van der Waals surface area contributed by atoms with Gasteiger partial charge >= 0.3 is 0 Å². The van der Waals surface area contributed by atoms with Crippen LogP contribution in [0.3, 0.4) is 0 Å². The van der Waals surface area contributed by atoms with Crippen molar-refractivity contribution in [3.8, 4) is 0 Å². The first-order valence-corrected chi connectivity index (χ1v) is 6.22. The average molecular weight is 156 g/mol. The molecule has 0 unspecified atom stereocenters. The van der Waals surface area contributed by atoms with E-state index in [1.165, 1.54) is 32.1 Å². The smallest absolute Gasteiger partial charge is 0.0111 e. The lowest BCUT2D eigenvalue weighted by atomic mass is 10.1. The highest BCUT2D eigenvalue weighted by Crippen LogP contribution is 2.01. The summed E-state index contributed by atoms with van der Waals surface area (Å²) in [6.45, 7) is 6.91. The molecule has 0 aromatic carbocycles. The fraction of sp³-hybridized carbons (Fsp3) is 0.889. The van der Waals surface area contributed by atoms with Crippen molar-refractivity contribution in [3.05, 3.63) is 0 Å². The van der Waals surface area contributed by atoms with Gasteiger partial charge in [0.25, 0.3) is 0 Å². The van der Waals surface area contributed by atoms with Gasteiger partial charge in [0, 0.05) is 0 Å². The Hall–Kier alpha value is 0.0869. The maximum atomic E-state index is 2.35. The fourth-order valence-electron chi connectivity index (χ4n) is 1.13. The summed E-state index contributed by atoms with van der Waals surface area (Å²) in [5, 5.41) is 1.83. The van der Waals surface area contributed by atoms with Crippen LogP contribution in [-0.2, 0) is 0 Å². The van der Waals surface area contributed by atoms with Gasteiger partial charge in [-0.05, 0) is 28.4 Å². The molecule has 0 amide bonds. The zero-order valence-electron chi connectivity index (χ0n) is 7.61. The van der Waals surface area contributed by atoms with Gasteiger partial charge in [-0.3, -0.25) is 0 Å². The highest BCUT2D eigenvalue weighted by molar-refractivity contribution is 6.52. The van der Waals surface area contributed by atoms with E-state index in [4.69, 9.17) is 0 Å². The molecular formula is C9H20Si. The van der Waals surface area contributed by atoms with E-state index >= 15 is 0 Å². The molecule has 1 heteroatoms. The van der Waals surface area contributed by atoms with E-state index in [1.807, 2.05) is 5.17 Å². The molecule has 0 aliphatic rings. The predicted molar refractivity (Wildman–Crippen MR) is 52.5 cm³/mol. The van der Waals surface area contributed by atoms with E-state index < -0.39 is 0 Å². The molecule has 0 nitrogen and oxygen atoms in total. The quantitative estimate of drug-likeness (QED) is 0.424. The summed E-state index contributed by atoms with van der Waals surface area (Å²) in [4.78, 5) is 0. The Bertz CT molecular complexity index is 94.9. The maximum Gasteiger partial charge on any atom is -0.0111 e. The van der Waals surface area contributed by atoms with Crippen molar-refractivity contribution in [2.45, 2.75) is 52.5 Å². The second-order valence-corrected chi connectivity index (χ2v) is 4.15. The van der Waals surface area contributed by atoms with Crippen LogP contribution in [0.5, 0.6) is 0 Å². The fourth-order valence-corrected chi connectivity index (χ4v) is 2.03. The monoisotopic (exact) mass is 156 g/mol. The van der Waals surface area contributed by atoms with E-state index in [-0.39, 0.29) is 0 Å². The van der Waals surface area contributed by atoms with Crippen LogP contribution in [-0.4, -0.2) is 14.3 Å². The van der Waals surface area contributed by atoms with Crippen LogP contribution in [0.2, 0.25) is 6.55 Å². The van der Waals surface area contributed by atoms with Crippen molar-refractivity contribution in [1.82, 2.24) is 0 Å². The van der Waals surface area contributed by atoms with Crippen LogP contribution in [0.4, 0.5) is 0 Å². The SMILES string of the molecule is CCCCCC(CC)=[SiH]C. The van der Waals surface area contributed by atoms with Crippen molar-refractivity contribution >= 4 is 14.3 Å². The summed E-state index contributed by atoms with van der Waals surface area (Å²) in [5.74, 6) is 0. The van der Waals surface area contributed by atoms with Crippen molar-refractivity contribution in [1.29, 1.82) is 0 Å². The van der Waals surface area contributed by atoms with E-state index in [0.29, 0.717) is 9.13 Å². The Morgan fingerprint density at radius 1 is 1.20 bits per heavy atom. The molecule has 0 atom stereocenters. The third-order valence-electron chi connectivity index (χ3n) is 1.96. The lowest BCUT2D eigenvalue weighted by molar-refractivity contribution is 0.741. The minimum atomic E-state index is 0.647. The summed E-state index contributed by atoms with van der Waals surface area (Å²) in [7, 11) is 0.647. The predicted octanol–water partition coefficient (Wildman–Crippen LogP) is 2.63. The van der Waals surface area contributed by atoms with Gasteiger partial charge in [-0.2, -0.15) is 0 Å². The first-order chi connectivity index (χ1) is 4.85. The van der Waals surface area contributed by atoms with E-state index in [2.05, 4.69) is 20.4 Å². The molecule has 0 heterocycles. The van der Waals surface area contributed by atoms with Crippen LogP contribution < -0.4 is 0 Å². The summed E-state index contributed by atoms with van der Waals surface area (Å²) in [6, 6.07) is 0. The molecule has 0 aliphatic heterocycles. The largest absolute Gasteiger partial charge is 0.0931 e. The molecule has 0 N–H and O–H groups in total. The molecule has 60 valence electrons. The second-order valence-electron chi connectivity index (χ2n) is 2.76. The number of hydrogen-bond acceptors (Lipinski definition) is 0. The number of hydrogen-bond donors (Lipinski definition) is 0. The van der Waals surface area contributed by atoms with Gasteiger partial charge in [-0.1, -0.05) is 38.4 Å². The number of unbranched alkanes of at least 4 members (excludes halogenated alkanes) is 2. The van der Waals surface area contributed by atoms with Crippen molar-refractivity contribution in [2.24, 2.45) is 0 Å². The number of rotatable bonds is 5. The van der Waals surface area contributed by atoms with E-state index in [1.54, 1.807) is 0 Å². The van der Waals surface area contributed by atoms with Crippen LogP contribution in [0.15, 0.2) is 0 Å². The molecule has 0 aromatic heterocycles. The zero-order valence-corrected chi connectivity index (χ0v) is 8.77. The highest BCUT2D eigenvalue weighted by atomic mass is 28.2. The Labute approximate surface area is 67.5 Å². The average Bonchev–Trinajstić information content (AvgIpc) is 1.99. The lowest BCUT2D eigenvalue weighted by Crippen LogP contribution is -1.99. The summed E-state index contributed by atoms with van der Waals surface area (Å²) >= 11 is 0. The summed E-state index contributed by atoms with van der Waals surface area (Å²) in [5.41, 5.74) is 0. The van der Waals surface area contributed by atoms with Gasteiger partial charge in [0.2, 0.25) is 0 Å². The molecule has 0 rings (SSSR count). The van der Waals surface area contributed by atoms with E-state index in [9.17, 15) is 0 Å². The zero-order chi connectivity index (χ0) is 7.82. The Morgan fingerprint density at radius 2 is 1.90 bits per heavy atom. The standard InChI is InChI=1S/C9H20Si/c1-4-6-7-8-9(5-2)10-3/h10H,4-8H2,1-3H3. The minimum absolute atomic E-state index is 0.647. The van der Waals surface area contributed by atoms with Crippen LogP contribution in [0, 0.1) is 0 Å². The Kier molecular flexibility index (Phi) is 7.26. The molecular weight excluding hydrogens is 136 g/mol. The van der Waals surface area contributed by atoms with Crippen LogP contribution >= 0.6 is 0 Å². The molecule has 10 heavy (non-hydrogen) atoms. The maximum absolute atomic E-state index is 2.35. The molecule has 0 saturated heterocycles. The van der Waals surface area contributed by atoms with Crippen molar-refractivity contribution < 1.29 is 0 Å². The summed E-state index contributed by atoms with van der Waals surface area (Å²) < 4.78 is 0. The molecule has 0 saturated carbocycles. The molecule has 0 aromatic rings. The molecule has 0 aliphatic carbocycles. The summed E-state index contributed by atoms with van der Waals surface area (Å²) in [6.07, 6.45) is 6.95. The third kappa shape index (κ3) is 4.92. The molecule has 0 spiro atoms.